The Morgan fingerprint density at radius 3 is 1.05 bits per heavy atom. The van der Waals surface area contributed by atoms with Crippen LogP contribution in [0.2, 0.25) is 0 Å². The molecule has 0 bridgehead atoms. The number of hydrogen-bond donors (Lipinski definition) is 2. The van der Waals surface area contributed by atoms with Crippen LogP contribution in [0.25, 0.3) is 0 Å². The summed E-state index contributed by atoms with van der Waals surface area (Å²) in [6, 6.07) is 0. The van der Waals surface area contributed by atoms with Gasteiger partial charge in [-0.3, -0.25) is 0 Å². The molecule has 2 unspecified atom stereocenters. The third-order valence-electron chi connectivity index (χ3n) is 2.66. The Balaban J connectivity index is 5.54. The third kappa shape index (κ3) is 4.68. The van der Waals surface area contributed by atoms with Gasteiger partial charge < -0.3 is 10.2 Å². The molecule has 134 valence electrons. The lowest BCUT2D eigenvalue weighted by molar-refractivity contribution is -0.367. The second-order valence-electron chi connectivity index (χ2n) is 4.53. The van der Waals surface area contributed by atoms with E-state index in [-0.39, 0.29) is 0 Å². The van der Waals surface area contributed by atoms with Gasteiger partial charge in [0.25, 0.3) is 0 Å². The van der Waals surface area contributed by atoms with Gasteiger partial charge in [-0.2, -0.15) is 35.1 Å². The monoisotopic (exact) mass is 570 g/mol. The summed E-state index contributed by atoms with van der Waals surface area (Å²) in [6.45, 7) is -2.01. The van der Waals surface area contributed by atoms with Crippen molar-refractivity contribution in [3.8, 4) is 0 Å². The molecule has 0 aliphatic heterocycles. The van der Waals surface area contributed by atoms with Gasteiger partial charge in [0.2, 0.25) is 0 Å². The van der Waals surface area contributed by atoms with Crippen molar-refractivity contribution < 1.29 is 45.3 Å². The number of alkyl halides is 10. The van der Waals surface area contributed by atoms with Crippen LogP contribution in [0.5, 0.6) is 0 Å². The van der Waals surface area contributed by atoms with Crippen LogP contribution in [-0.4, -0.2) is 55.0 Å². The molecular weight excluding hydrogens is 558 g/mol. The molecule has 0 spiro atoms. The van der Waals surface area contributed by atoms with Gasteiger partial charge in [0.1, 0.15) is 0 Å². The van der Waals surface area contributed by atoms with Crippen molar-refractivity contribution >= 4 is 45.2 Å². The minimum absolute atomic E-state index is 1.01. The van der Waals surface area contributed by atoms with Gasteiger partial charge in [-0.15, -0.1) is 0 Å². The summed E-state index contributed by atoms with van der Waals surface area (Å²) in [7, 11) is 0. The van der Waals surface area contributed by atoms with Crippen LogP contribution in [-0.2, 0) is 0 Å². The van der Waals surface area contributed by atoms with Gasteiger partial charge in [0.15, 0.2) is 0 Å². The van der Waals surface area contributed by atoms with Crippen molar-refractivity contribution in [3.63, 3.8) is 0 Å². The molecule has 0 saturated carbocycles. The molecule has 0 aliphatic carbocycles. The summed E-state index contributed by atoms with van der Waals surface area (Å²) in [6.07, 6.45) is -3.78. The van der Waals surface area contributed by atoms with Crippen LogP contribution < -0.4 is 0 Å². The summed E-state index contributed by atoms with van der Waals surface area (Å²) in [5.74, 6) is -23.6. The van der Waals surface area contributed by atoms with Gasteiger partial charge in [-0.1, -0.05) is 45.2 Å². The highest BCUT2D eigenvalue weighted by atomic mass is 127. The molecule has 2 N–H and O–H groups in total. The van der Waals surface area contributed by atoms with E-state index in [1.807, 2.05) is 0 Å². The quantitative estimate of drug-likeness (QED) is 0.251. The van der Waals surface area contributed by atoms with Crippen LogP contribution in [0, 0.1) is 0 Å². The summed E-state index contributed by atoms with van der Waals surface area (Å²) in [4.78, 5) is 0. The smallest absolute Gasteiger partial charge is 0.378 e. The number of aliphatic hydroxyl groups excluding tert-OH is 2. The van der Waals surface area contributed by atoms with Gasteiger partial charge in [0, 0.05) is 20.7 Å². The maximum absolute atomic E-state index is 13.4. The Labute approximate surface area is 147 Å². The van der Waals surface area contributed by atoms with E-state index in [1.54, 1.807) is 0 Å². The molecule has 12 heteroatoms. The number of halogens is 10. The lowest BCUT2D eigenvalue weighted by Gasteiger charge is -2.37. The molecule has 0 aromatic heterocycles. The molecule has 0 radical (unpaired) electrons. The van der Waals surface area contributed by atoms with E-state index in [0.717, 1.165) is 45.2 Å². The van der Waals surface area contributed by atoms with Crippen molar-refractivity contribution in [2.75, 3.05) is 13.2 Å². The first-order valence-electron chi connectivity index (χ1n) is 5.67. The zero-order chi connectivity index (χ0) is 18.0. The van der Waals surface area contributed by atoms with Crippen molar-refractivity contribution in [1.82, 2.24) is 0 Å². The maximum atomic E-state index is 13.4. The number of hydrogen-bond acceptors (Lipinski definition) is 2. The fourth-order valence-corrected chi connectivity index (χ4v) is 2.51. The largest absolute Gasteiger partial charge is 0.395 e. The predicted octanol–water partition coefficient (Wildman–Crippen LogP) is 3.90. The van der Waals surface area contributed by atoms with E-state index in [2.05, 4.69) is 0 Å². The maximum Gasteiger partial charge on any atom is 0.378 e. The molecule has 0 fully saturated rings. The zero-order valence-electron chi connectivity index (χ0n) is 10.7. The predicted molar refractivity (Wildman–Crippen MR) is 78.8 cm³/mol. The molecule has 22 heavy (non-hydrogen) atoms. The van der Waals surface area contributed by atoms with Crippen molar-refractivity contribution in [2.24, 2.45) is 0 Å². The lowest BCUT2D eigenvalue weighted by atomic mass is 9.93. The highest BCUT2D eigenvalue weighted by molar-refractivity contribution is 14.1. The molecule has 0 aliphatic rings. The van der Waals surface area contributed by atoms with Gasteiger partial charge in [0.05, 0.1) is 13.2 Å². The highest BCUT2D eigenvalue weighted by Crippen LogP contribution is 2.55. The van der Waals surface area contributed by atoms with E-state index in [0.29, 0.717) is 0 Å². The van der Waals surface area contributed by atoms with Crippen molar-refractivity contribution in [3.05, 3.63) is 0 Å². The fraction of sp³-hybridized carbons (Fsp3) is 1.00. The second-order valence-corrected chi connectivity index (χ2v) is 8.05. The number of aliphatic hydroxyl groups is 2. The van der Waals surface area contributed by atoms with Gasteiger partial charge >= 0.3 is 23.7 Å². The van der Waals surface area contributed by atoms with Crippen LogP contribution in [0.4, 0.5) is 35.1 Å². The lowest BCUT2D eigenvalue weighted by Crippen LogP contribution is -2.63. The summed E-state index contributed by atoms with van der Waals surface area (Å²) >= 11 is 2.23. The van der Waals surface area contributed by atoms with Gasteiger partial charge in [-0.05, 0) is 0 Å². The van der Waals surface area contributed by atoms with Crippen molar-refractivity contribution in [1.29, 1.82) is 0 Å². The first-order valence-corrected chi connectivity index (χ1v) is 8.16. The van der Waals surface area contributed by atoms with Crippen LogP contribution in [0.3, 0.4) is 0 Å². The minimum Gasteiger partial charge on any atom is -0.395 e. The Morgan fingerprint density at radius 2 is 0.864 bits per heavy atom. The Hall–Kier alpha value is 0.820. The van der Waals surface area contributed by atoms with Crippen LogP contribution >= 0.6 is 45.2 Å². The van der Waals surface area contributed by atoms with Gasteiger partial charge in [-0.25, -0.2) is 0 Å². The summed E-state index contributed by atoms with van der Waals surface area (Å²) in [5.41, 5.74) is 0. The Bertz CT molecular complexity index is 333. The molecule has 0 aromatic rings. The zero-order valence-corrected chi connectivity index (χ0v) is 15.0. The molecule has 0 aromatic carbocycles. The van der Waals surface area contributed by atoms with E-state index in [1.165, 1.54) is 0 Å². The summed E-state index contributed by atoms with van der Waals surface area (Å²) in [5, 5.41) is 17.1. The standard InChI is InChI=1S/C10H12F8I2O2/c11-7(12,1-5(19)3-21)9(15,16)10(17,18)8(13,14)2-6(20)4-22/h5-6,21-22H,1-4H2. The third-order valence-corrected chi connectivity index (χ3v) is 4.33. The Morgan fingerprint density at radius 1 is 0.636 bits per heavy atom. The Kier molecular flexibility index (Phi) is 8.09. The number of rotatable bonds is 9. The second kappa shape index (κ2) is 7.80. The highest BCUT2D eigenvalue weighted by Gasteiger charge is 2.80. The van der Waals surface area contributed by atoms with Crippen LogP contribution in [0.15, 0.2) is 0 Å². The molecule has 2 atom stereocenters. The minimum atomic E-state index is -6.33. The molecule has 0 rings (SSSR count). The van der Waals surface area contributed by atoms with E-state index < -0.39 is 57.6 Å². The first-order chi connectivity index (χ1) is 9.66. The first kappa shape index (κ1) is 22.8. The average molecular weight is 570 g/mol. The van der Waals surface area contributed by atoms with Crippen molar-refractivity contribution in [2.45, 2.75) is 44.4 Å². The average Bonchev–Trinajstić information content (AvgIpc) is 2.36. The molecular formula is C10H12F8I2O2. The summed E-state index contributed by atoms with van der Waals surface area (Å²) < 4.78 is 104. The molecule has 0 saturated heterocycles. The fourth-order valence-electron chi connectivity index (χ4n) is 1.40. The van der Waals surface area contributed by atoms with E-state index in [4.69, 9.17) is 10.2 Å². The van der Waals surface area contributed by atoms with E-state index >= 15 is 0 Å². The molecule has 0 heterocycles. The SMILES string of the molecule is OCC(I)CC(F)(F)C(F)(F)C(F)(F)C(F)(F)CC(I)CO. The normalized spacial score (nSPS) is 17.5. The van der Waals surface area contributed by atoms with E-state index in [9.17, 15) is 35.1 Å². The van der Waals surface area contributed by atoms with Crippen LogP contribution in [0.1, 0.15) is 12.8 Å². The topological polar surface area (TPSA) is 40.5 Å². The molecule has 0 amide bonds. The molecule has 2 nitrogen and oxygen atoms in total.